The molecule has 0 fully saturated rings. The van der Waals surface area contributed by atoms with Crippen molar-refractivity contribution in [3.8, 4) is 0 Å². The van der Waals surface area contributed by atoms with Crippen molar-refractivity contribution in [2.75, 3.05) is 5.32 Å². The summed E-state index contributed by atoms with van der Waals surface area (Å²) in [6.45, 7) is 6.94. The maximum absolute atomic E-state index is 11.8. The number of anilines is 1. The van der Waals surface area contributed by atoms with Gasteiger partial charge >= 0.3 is 0 Å². The zero-order valence-electron chi connectivity index (χ0n) is 11.2. The predicted octanol–water partition coefficient (Wildman–Crippen LogP) is 2.68. The van der Waals surface area contributed by atoms with Crippen LogP contribution in [0.3, 0.4) is 0 Å². The van der Waals surface area contributed by atoms with Crippen molar-refractivity contribution in [2.24, 2.45) is 4.40 Å². The summed E-state index contributed by atoms with van der Waals surface area (Å²) in [4.78, 5) is 15.2. The normalized spacial score (nSPS) is 13.5. The van der Waals surface area contributed by atoms with Gasteiger partial charge in [0.2, 0.25) is 5.91 Å². The zero-order valence-corrected chi connectivity index (χ0v) is 13.6. The molecule has 1 heterocycles. The fourth-order valence-corrected chi connectivity index (χ4v) is 1.89. The van der Waals surface area contributed by atoms with Crippen molar-refractivity contribution >= 4 is 44.9 Å². The highest BCUT2D eigenvalue weighted by Crippen LogP contribution is 2.17. The summed E-state index contributed by atoms with van der Waals surface area (Å²) in [5.74, 6) is 0.231. The van der Waals surface area contributed by atoms with Gasteiger partial charge < -0.3 is 5.32 Å². The molecule has 0 bridgehead atoms. The summed E-state index contributed by atoms with van der Waals surface area (Å²) >= 11 is 3.33. The van der Waals surface area contributed by atoms with E-state index in [1.54, 1.807) is 12.1 Å². The molecule has 7 heteroatoms. The second kappa shape index (κ2) is 6.38. The zero-order chi connectivity index (χ0) is 14.6. The number of carbonyl (C=O) groups is 1. The van der Waals surface area contributed by atoms with Crippen molar-refractivity contribution in [3.05, 3.63) is 22.3 Å². The number of nitrogens with one attached hydrogen (secondary N) is 1. The van der Waals surface area contributed by atoms with Crippen LogP contribution in [0.2, 0.25) is 0 Å². The van der Waals surface area contributed by atoms with E-state index in [1.165, 1.54) is 13.1 Å². The first-order valence-electron chi connectivity index (χ1n) is 5.60. The van der Waals surface area contributed by atoms with E-state index < -0.39 is 15.7 Å². The number of carbonyl (C=O) groups excluding carboxylic acids is 1. The molecular weight excluding hydrogens is 330 g/mol. The number of hydrogen-bond acceptors (Lipinski definition) is 3. The Labute approximate surface area is 123 Å². The van der Waals surface area contributed by atoms with Crippen molar-refractivity contribution in [3.63, 3.8) is 0 Å². The van der Waals surface area contributed by atoms with Crippen molar-refractivity contribution in [1.29, 1.82) is 0 Å². The molecule has 5 nitrogen and oxygen atoms in total. The fraction of sp³-hybridized carbons (Fsp3) is 0.417. The predicted molar refractivity (Wildman–Crippen MR) is 81.7 cm³/mol. The van der Waals surface area contributed by atoms with Crippen molar-refractivity contribution in [2.45, 2.75) is 32.4 Å². The third-order valence-electron chi connectivity index (χ3n) is 1.97. The molecule has 0 aliphatic rings. The monoisotopic (exact) mass is 345 g/mol. The van der Waals surface area contributed by atoms with Crippen LogP contribution in [0.1, 0.15) is 33.4 Å². The molecule has 0 saturated carbocycles. The molecular formula is C12H16BrN3O2S. The maximum Gasteiger partial charge on any atom is 0.222 e. The lowest BCUT2D eigenvalue weighted by molar-refractivity contribution is -0.114. The van der Waals surface area contributed by atoms with Gasteiger partial charge in [0.25, 0.3) is 0 Å². The van der Waals surface area contributed by atoms with Gasteiger partial charge in [-0.05, 0) is 48.8 Å². The summed E-state index contributed by atoms with van der Waals surface area (Å²) < 4.78 is 16.1. The van der Waals surface area contributed by atoms with Crippen LogP contribution < -0.4 is 5.32 Å². The number of aromatic nitrogens is 1. The molecule has 19 heavy (non-hydrogen) atoms. The topological polar surface area (TPSA) is 71.4 Å². The van der Waals surface area contributed by atoms with Gasteiger partial charge in [-0.25, -0.2) is 9.19 Å². The third kappa shape index (κ3) is 5.20. The Morgan fingerprint density at radius 3 is 2.63 bits per heavy atom. The molecule has 0 aromatic carbocycles. The highest BCUT2D eigenvalue weighted by atomic mass is 79.9. The third-order valence-corrected chi connectivity index (χ3v) is 3.99. The molecule has 1 rings (SSSR count). The highest BCUT2D eigenvalue weighted by molar-refractivity contribution is 9.10. The molecule has 0 spiro atoms. The molecule has 1 aromatic heterocycles. The average Bonchev–Trinajstić information content (AvgIpc) is 2.27. The van der Waals surface area contributed by atoms with Crippen LogP contribution in [0.25, 0.3) is 0 Å². The Balaban J connectivity index is 2.97. The van der Waals surface area contributed by atoms with Gasteiger partial charge in [0.1, 0.15) is 16.8 Å². The standard InChI is InChI=1S/C12H16BrN3O2S/c1-8(17)15-11-6-5-9(13)10(16-11)7-14-19(18)12(2,3)4/h5-7H,1-4H3,(H,15,16,17). The van der Waals surface area contributed by atoms with Gasteiger partial charge in [0.05, 0.1) is 16.7 Å². The van der Waals surface area contributed by atoms with Gasteiger partial charge in [0, 0.05) is 11.4 Å². The first kappa shape index (κ1) is 16.0. The number of amides is 1. The lowest BCUT2D eigenvalue weighted by Gasteiger charge is -2.12. The van der Waals surface area contributed by atoms with E-state index in [1.807, 2.05) is 20.8 Å². The summed E-state index contributed by atoms with van der Waals surface area (Å²) in [5, 5.41) is 2.58. The maximum atomic E-state index is 11.8. The average molecular weight is 346 g/mol. The number of halogens is 1. The summed E-state index contributed by atoms with van der Waals surface area (Å²) in [6.07, 6.45) is 1.44. The Bertz CT molecular complexity index is 538. The minimum Gasteiger partial charge on any atom is -0.311 e. The van der Waals surface area contributed by atoms with Crippen LogP contribution in [0, 0.1) is 0 Å². The van der Waals surface area contributed by atoms with Gasteiger partial charge in [-0.3, -0.25) is 4.79 Å². The SMILES string of the molecule is CC(=O)Nc1ccc(Br)c(C=NS(=O)C(C)(C)C)n1. The lowest BCUT2D eigenvalue weighted by atomic mass is 10.3. The molecule has 0 radical (unpaired) electrons. The molecule has 1 atom stereocenters. The van der Waals surface area contributed by atoms with E-state index in [0.717, 1.165) is 4.47 Å². The van der Waals surface area contributed by atoms with Crippen LogP contribution in [0.15, 0.2) is 21.0 Å². The summed E-state index contributed by atoms with van der Waals surface area (Å²) in [7, 11) is -1.34. The van der Waals surface area contributed by atoms with E-state index >= 15 is 0 Å². The van der Waals surface area contributed by atoms with Crippen LogP contribution in [-0.4, -0.2) is 26.1 Å². The largest absolute Gasteiger partial charge is 0.311 e. The highest BCUT2D eigenvalue weighted by Gasteiger charge is 2.18. The van der Waals surface area contributed by atoms with E-state index in [0.29, 0.717) is 11.5 Å². The number of hydrogen-bond donors (Lipinski definition) is 1. The number of nitrogens with zero attached hydrogens (tertiary/aromatic N) is 2. The minimum absolute atomic E-state index is 0.198. The molecule has 0 aliphatic carbocycles. The Hall–Kier alpha value is -1.08. The number of pyridine rings is 1. The second-order valence-electron chi connectivity index (χ2n) is 4.84. The van der Waals surface area contributed by atoms with Crippen LogP contribution >= 0.6 is 15.9 Å². The smallest absolute Gasteiger partial charge is 0.222 e. The van der Waals surface area contributed by atoms with Crippen LogP contribution in [0.4, 0.5) is 5.82 Å². The Morgan fingerprint density at radius 2 is 2.11 bits per heavy atom. The summed E-state index contributed by atoms with van der Waals surface area (Å²) in [5.41, 5.74) is 0.517. The molecule has 0 saturated heterocycles. The van der Waals surface area contributed by atoms with Crippen LogP contribution in [-0.2, 0) is 15.8 Å². The van der Waals surface area contributed by atoms with E-state index in [2.05, 4.69) is 30.6 Å². The Morgan fingerprint density at radius 1 is 1.47 bits per heavy atom. The van der Waals surface area contributed by atoms with Gasteiger partial charge in [-0.2, -0.15) is 4.40 Å². The molecule has 0 aliphatic heterocycles. The minimum atomic E-state index is -1.34. The quantitative estimate of drug-likeness (QED) is 0.856. The number of rotatable bonds is 3. The van der Waals surface area contributed by atoms with Gasteiger partial charge in [-0.1, -0.05) is 0 Å². The van der Waals surface area contributed by atoms with Crippen molar-refractivity contribution < 1.29 is 9.00 Å². The van der Waals surface area contributed by atoms with Gasteiger partial charge in [-0.15, -0.1) is 0 Å². The second-order valence-corrected chi connectivity index (χ2v) is 7.63. The van der Waals surface area contributed by atoms with Crippen molar-refractivity contribution in [1.82, 2.24) is 4.98 Å². The van der Waals surface area contributed by atoms with E-state index in [-0.39, 0.29) is 5.91 Å². The first-order chi connectivity index (χ1) is 8.70. The molecule has 1 unspecified atom stereocenters. The van der Waals surface area contributed by atoms with Gasteiger partial charge in [0.15, 0.2) is 0 Å². The van der Waals surface area contributed by atoms with Crippen LogP contribution in [0.5, 0.6) is 0 Å². The molecule has 104 valence electrons. The fourth-order valence-electron chi connectivity index (χ4n) is 1.05. The van der Waals surface area contributed by atoms with E-state index in [4.69, 9.17) is 0 Å². The first-order valence-corrected chi connectivity index (χ1v) is 7.50. The molecule has 1 aromatic rings. The Kier molecular flexibility index (Phi) is 5.37. The molecule has 1 amide bonds. The summed E-state index contributed by atoms with van der Waals surface area (Å²) in [6, 6.07) is 3.42. The van der Waals surface area contributed by atoms with E-state index in [9.17, 15) is 9.00 Å². The molecule has 1 N–H and O–H groups in total. The lowest BCUT2D eigenvalue weighted by Crippen LogP contribution is -2.19.